The highest BCUT2D eigenvalue weighted by molar-refractivity contribution is 7.80. The third kappa shape index (κ3) is 4.84. The average molecular weight is 464 g/mol. The molecule has 0 aliphatic rings. The number of nitrogens with zero attached hydrogens (tertiary/aromatic N) is 1. The number of aryl methyl sites for hydroxylation is 2. The quantitative estimate of drug-likeness (QED) is 0.364. The molecule has 0 amide bonds. The van der Waals surface area contributed by atoms with Gasteiger partial charge in [-0.2, -0.15) is 0 Å². The molecular weight excluding hydrogens is 438 g/mol. The molecule has 4 aromatic rings. The molecule has 0 saturated heterocycles. The monoisotopic (exact) mass is 463 g/mol. The van der Waals surface area contributed by atoms with Crippen LogP contribution in [0.4, 0.5) is 5.69 Å². The molecule has 0 bridgehead atoms. The van der Waals surface area contributed by atoms with Gasteiger partial charge in [0.25, 0.3) is 5.56 Å². The van der Waals surface area contributed by atoms with Crippen LogP contribution in [-0.2, 0) is 13.1 Å². The van der Waals surface area contributed by atoms with E-state index >= 15 is 0 Å². The van der Waals surface area contributed by atoms with Crippen LogP contribution >= 0.6 is 23.6 Å². The topological polar surface area (TPSA) is 57.4 Å². The Labute approximate surface area is 196 Å². The molecule has 0 unspecified atom stereocenters. The van der Waals surface area contributed by atoms with Gasteiger partial charge < -0.3 is 19.9 Å². The van der Waals surface area contributed by atoms with Crippen LogP contribution in [0, 0.1) is 13.8 Å². The van der Waals surface area contributed by atoms with E-state index in [2.05, 4.69) is 29.4 Å². The summed E-state index contributed by atoms with van der Waals surface area (Å²) < 4.78 is 5.44. The second kappa shape index (κ2) is 9.54. The lowest BCUT2D eigenvalue weighted by Crippen LogP contribution is -2.35. The van der Waals surface area contributed by atoms with E-state index in [1.807, 2.05) is 59.7 Å². The number of methoxy groups -OCH3 is 1. The number of aromatic amines is 1. The van der Waals surface area contributed by atoms with E-state index in [9.17, 15) is 4.79 Å². The minimum absolute atomic E-state index is 0.1000. The smallest absolute Gasteiger partial charge is 0.253 e. The predicted molar refractivity (Wildman–Crippen MR) is 137 cm³/mol. The second-order valence-corrected chi connectivity index (χ2v) is 9.13. The number of anilines is 1. The molecule has 2 aromatic carbocycles. The first-order valence-electron chi connectivity index (χ1n) is 10.3. The number of ether oxygens (including phenoxy) is 1. The van der Waals surface area contributed by atoms with Crippen LogP contribution in [0.1, 0.15) is 21.6 Å². The van der Waals surface area contributed by atoms with Gasteiger partial charge in [-0.15, -0.1) is 11.3 Å². The van der Waals surface area contributed by atoms with Crippen molar-refractivity contribution in [1.29, 1.82) is 0 Å². The van der Waals surface area contributed by atoms with Crippen molar-refractivity contribution >= 4 is 45.3 Å². The summed E-state index contributed by atoms with van der Waals surface area (Å²) in [6.45, 7) is 5.11. The zero-order chi connectivity index (χ0) is 22.7. The van der Waals surface area contributed by atoms with Crippen LogP contribution in [0.25, 0.3) is 10.9 Å². The molecule has 32 heavy (non-hydrogen) atoms. The molecular formula is C25H25N3O2S2. The molecule has 164 valence electrons. The third-order valence-electron chi connectivity index (χ3n) is 5.46. The fraction of sp³-hybridized carbons (Fsp3) is 0.200. The number of hydrogen-bond donors (Lipinski definition) is 2. The number of fused-ring (bicyclic) bond motifs is 1. The number of para-hydroxylation sites is 2. The Bertz CT molecular complexity index is 1310. The lowest BCUT2D eigenvalue weighted by molar-refractivity contribution is 0.410. The average Bonchev–Trinajstić information content (AvgIpc) is 3.29. The van der Waals surface area contributed by atoms with E-state index in [-0.39, 0.29) is 5.56 Å². The van der Waals surface area contributed by atoms with Crippen molar-refractivity contribution < 1.29 is 4.74 Å². The highest BCUT2D eigenvalue weighted by atomic mass is 32.1. The van der Waals surface area contributed by atoms with Gasteiger partial charge in [0.15, 0.2) is 5.11 Å². The second-order valence-electron chi connectivity index (χ2n) is 7.71. The first kappa shape index (κ1) is 22.0. The molecule has 0 aliphatic carbocycles. The van der Waals surface area contributed by atoms with Crippen molar-refractivity contribution in [3.8, 4) is 5.75 Å². The summed E-state index contributed by atoms with van der Waals surface area (Å²) in [5, 5.41) is 6.88. The minimum Gasteiger partial charge on any atom is -0.495 e. The minimum atomic E-state index is -0.1000. The van der Waals surface area contributed by atoms with Crippen molar-refractivity contribution in [2.75, 3.05) is 12.4 Å². The van der Waals surface area contributed by atoms with Crippen molar-refractivity contribution in [2.24, 2.45) is 0 Å². The number of aromatic nitrogens is 1. The molecule has 2 N–H and O–H groups in total. The first-order valence-corrected chi connectivity index (χ1v) is 11.6. The number of H-pyrrole nitrogens is 1. The molecule has 0 aliphatic heterocycles. The highest BCUT2D eigenvalue weighted by Crippen LogP contribution is 2.25. The maximum absolute atomic E-state index is 12.9. The fourth-order valence-electron chi connectivity index (χ4n) is 3.58. The summed E-state index contributed by atoms with van der Waals surface area (Å²) in [5.74, 6) is 0.709. The number of pyridine rings is 1. The standard InChI is InChI=1S/C25H25N3O2S2/c1-16-11-18-13-19(24(29)26-22(18)12-17(16)2)14-28(15-20-7-6-10-32-20)25(31)27-21-8-4-5-9-23(21)30-3/h4-13H,14-15H2,1-3H3,(H,26,29)(H,27,31). The van der Waals surface area contributed by atoms with Gasteiger partial charge in [0, 0.05) is 16.0 Å². The van der Waals surface area contributed by atoms with Gasteiger partial charge in [0.05, 0.1) is 25.9 Å². The van der Waals surface area contributed by atoms with Crippen LogP contribution in [-0.4, -0.2) is 22.1 Å². The molecule has 0 saturated carbocycles. The summed E-state index contributed by atoms with van der Waals surface area (Å²) in [5.41, 5.74) is 4.55. The van der Waals surface area contributed by atoms with Crippen molar-refractivity contribution in [3.63, 3.8) is 0 Å². The number of thiocarbonyl (C=S) groups is 1. The van der Waals surface area contributed by atoms with Crippen LogP contribution in [0.5, 0.6) is 5.75 Å². The molecule has 0 spiro atoms. The molecule has 4 rings (SSSR count). The molecule has 0 atom stereocenters. The van der Waals surface area contributed by atoms with Crippen LogP contribution in [0.2, 0.25) is 0 Å². The third-order valence-corrected chi connectivity index (χ3v) is 6.68. The van der Waals surface area contributed by atoms with Crippen molar-refractivity contribution in [3.05, 3.63) is 91.9 Å². The Kier molecular flexibility index (Phi) is 6.58. The van der Waals surface area contributed by atoms with Crippen molar-refractivity contribution in [2.45, 2.75) is 26.9 Å². The number of rotatable bonds is 6. The van der Waals surface area contributed by atoms with E-state index in [1.54, 1.807) is 18.4 Å². The molecule has 2 heterocycles. The Morgan fingerprint density at radius 1 is 1.09 bits per heavy atom. The fourth-order valence-corrected chi connectivity index (χ4v) is 4.54. The predicted octanol–water partition coefficient (Wildman–Crippen LogP) is 5.61. The normalized spacial score (nSPS) is 10.8. The molecule has 5 nitrogen and oxygen atoms in total. The molecule has 0 radical (unpaired) electrons. The summed E-state index contributed by atoms with van der Waals surface area (Å²) >= 11 is 7.43. The summed E-state index contributed by atoms with van der Waals surface area (Å²) in [6.07, 6.45) is 0. The molecule has 0 fully saturated rings. The van der Waals surface area contributed by atoms with Gasteiger partial charge in [-0.25, -0.2) is 0 Å². The summed E-state index contributed by atoms with van der Waals surface area (Å²) in [4.78, 5) is 19.1. The lowest BCUT2D eigenvalue weighted by Gasteiger charge is -2.26. The highest BCUT2D eigenvalue weighted by Gasteiger charge is 2.16. The zero-order valence-electron chi connectivity index (χ0n) is 18.3. The van der Waals surface area contributed by atoms with Gasteiger partial charge in [0.1, 0.15) is 5.75 Å². The Morgan fingerprint density at radius 3 is 2.62 bits per heavy atom. The van der Waals surface area contributed by atoms with Crippen LogP contribution in [0.3, 0.4) is 0 Å². The van der Waals surface area contributed by atoms with Gasteiger partial charge >= 0.3 is 0 Å². The van der Waals surface area contributed by atoms with E-state index in [4.69, 9.17) is 17.0 Å². The summed E-state index contributed by atoms with van der Waals surface area (Å²) in [6, 6.07) is 17.8. The zero-order valence-corrected chi connectivity index (χ0v) is 19.9. The first-order chi connectivity index (χ1) is 15.4. The van der Waals surface area contributed by atoms with E-state index in [1.165, 1.54) is 5.56 Å². The van der Waals surface area contributed by atoms with E-state index in [0.29, 0.717) is 29.5 Å². The number of benzene rings is 2. The maximum atomic E-state index is 12.9. The molecule has 7 heteroatoms. The van der Waals surface area contributed by atoms with Gasteiger partial charge in [-0.3, -0.25) is 4.79 Å². The van der Waals surface area contributed by atoms with E-state index < -0.39 is 0 Å². The maximum Gasteiger partial charge on any atom is 0.253 e. The SMILES string of the molecule is COc1ccccc1NC(=S)N(Cc1cccs1)Cc1cc2cc(C)c(C)cc2[nH]c1=O. The van der Waals surface area contributed by atoms with Gasteiger partial charge in [-0.1, -0.05) is 18.2 Å². The number of nitrogens with one attached hydrogen (secondary N) is 2. The molecule has 2 aromatic heterocycles. The van der Waals surface area contributed by atoms with E-state index in [0.717, 1.165) is 27.0 Å². The van der Waals surface area contributed by atoms with Crippen molar-refractivity contribution in [1.82, 2.24) is 9.88 Å². The van der Waals surface area contributed by atoms with Gasteiger partial charge in [0.2, 0.25) is 0 Å². The largest absolute Gasteiger partial charge is 0.495 e. The Hall–Kier alpha value is -3.16. The Balaban J connectivity index is 1.66. The Morgan fingerprint density at radius 2 is 1.88 bits per heavy atom. The number of thiophene rings is 1. The lowest BCUT2D eigenvalue weighted by atomic mass is 10.0. The van der Waals surface area contributed by atoms with Gasteiger partial charge in [-0.05, 0) is 84.4 Å². The van der Waals surface area contributed by atoms with Crippen LogP contribution < -0.4 is 15.6 Å². The van der Waals surface area contributed by atoms with Crippen LogP contribution in [0.15, 0.2) is 64.8 Å². The number of hydrogen-bond acceptors (Lipinski definition) is 4. The summed E-state index contributed by atoms with van der Waals surface area (Å²) in [7, 11) is 1.63.